The Bertz CT molecular complexity index is 1180. The van der Waals surface area contributed by atoms with Gasteiger partial charge in [0.1, 0.15) is 11.5 Å². The van der Waals surface area contributed by atoms with Crippen LogP contribution < -0.4 is 14.8 Å². The number of amides is 2. The Morgan fingerprint density at radius 3 is 2.60 bits per heavy atom. The average Bonchev–Trinajstić information content (AvgIpc) is 3.01. The predicted molar refractivity (Wildman–Crippen MR) is 137 cm³/mol. The van der Waals surface area contributed by atoms with E-state index in [4.69, 9.17) is 9.47 Å². The zero-order valence-corrected chi connectivity index (χ0v) is 20.5. The summed E-state index contributed by atoms with van der Waals surface area (Å²) >= 11 is 0. The molecular formula is C29H32N2O4. The topological polar surface area (TPSA) is 67.9 Å². The summed E-state index contributed by atoms with van der Waals surface area (Å²) in [4.78, 5) is 28.1. The fourth-order valence-electron chi connectivity index (χ4n) is 4.46. The number of carbonyl (C=O) groups is 2. The largest absolute Gasteiger partial charge is 0.497 e. The first-order valence-corrected chi connectivity index (χ1v) is 12.1. The van der Waals surface area contributed by atoms with Gasteiger partial charge in [0.15, 0.2) is 6.10 Å². The van der Waals surface area contributed by atoms with Crippen molar-refractivity contribution in [3.8, 4) is 11.5 Å². The Morgan fingerprint density at radius 2 is 1.89 bits per heavy atom. The third-order valence-corrected chi connectivity index (χ3v) is 6.35. The molecule has 2 amide bonds. The van der Waals surface area contributed by atoms with Crippen LogP contribution in [0.3, 0.4) is 0 Å². The summed E-state index contributed by atoms with van der Waals surface area (Å²) in [5.74, 6) is 1.09. The molecule has 0 spiro atoms. The van der Waals surface area contributed by atoms with E-state index in [1.54, 1.807) is 12.0 Å². The minimum absolute atomic E-state index is 0.0489. The maximum absolute atomic E-state index is 13.3. The summed E-state index contributed by atoms with van der Waals surface area (Å²) in [5, 5.41) is 3.06. The van der Waals surface area contributed by atoms with E-state index >= 15 is 0 Å². The molecule has 4 rings (SSSR count). The van der Waals surface area contributed by atoms with Gasteiger partial charge in [-0.05, 0) is 54.3 Å². The lowest BCUT2D eigenvalue weighted by Crippen LogP contribution is -2.38. The quantitative estimate of drug-likeness (QED) is 0.468. The monoisotopic (exact) mass is 472 g/mol. The van der Waals surface area contributed by atoms with Gasteiger partial charge in [0.05, 0.1) is 13.0 Å². The number of hydrogen-bond acceptors (Lipinski definition) is 4. The van der Waals surface area contributed by atoms with Gasteiger partial charge in [0.25, 0.3) is 5.91 Å². The van der Waals surface area contributed by atoms with Crippen molar-refractivity contribution in [3.63, 3.8) is 0 Å². The second kappa shape index (κ2) is 11.1. The van der Waals surface area contributed by atoms with E-state index in [-0.39, 0.29) is 17.7 Å². The SMILES string of the molecule is CC[C@@H]1Oc2ccc(NC(=O)[C@H](CC)c3ccccc3)cc2CN(Cc2cccc(OC)c2)C1=O. The highest BCUT2D eigenvalue weighted by Gasteiger charge is 2.30. The van der Waals surface area contributed by atoms with Crippen LogP contribution >= 0.6 is 0 Å². The van der Waals surface area contributed by atoms with Crippen LogP contribution in [0.15, 0.2) is 72.8 Å². The van der Waals surface area contributed by atoms with Crippen molar-refractivity contribution in [2.24, 2.45) is 0 Å². The summed E-state index contributed by atoms with van der Waals surface area (Å²) in [6.45, 7) is 4.79. The van der Waals surface area contributed by atoms with Gasteiger partial charge in [-0.3, -0.25) is 9.59 Å². The van der Waals surface area contributed by atoms with Crippen LogP contribution in [-0.4, -0.2) is 29.9 Å². The number of hydrogen-bond donors (Lipinski definition) is 1. The summed E-state index contributed by atoms with van der Waals surface area (Å²) < 4.78 is 11.4. The first-order chi connectivity index (χ1) is 17.0. The summed E-state index contributed by atoms with van der Waals surface area (Å²) in [6, 6.07) is 23.1. The number of rotatable bonds is 8. The molecule has 3 aromatic carbocycles. The average molecular weight is 473 g/mol. The van der Waals surface area contributed by atoms with Crippen molar-refractivity contribution < 1.29 is 19.1 Å². The molecule has 1 heterocycles. The number of methoxy groups -OCH3 is 1. The molecule has 182 valence electrons. The van der Waals surface area contributed by atoms with Crippen LogP contribution in [-0.2, 0) is 22.7 Å². The highest BCUT2D eigenvalue weighted by molar-refractivity contribution is 5.96. The molecule has 1 aliphatic heterocycles. The van der Waals surface area contributed by atoms with Crippen LogP contribution in [0.4, 0.5) is 5.69 Å². The van der Waals surface area contributed by atoms with Crippen LogP contribution in [0.25, 0.3) is 0 Å². The number of ether oxygens (including phenoxy) is 2. The molecule has 0 aliphatic carbocycles. The highest BCUT2D eigenvalue weighted by atomic mass is 16.5. The van der Waals surface area contributed by atoms with E-state index in [0.29, 0.717) is 37.4 Å². The maximum atomic E-state index is 13.3. The van der Waals surface area contributed by atoms with Gasteiger partial charge in [-0.1, -0.05) is 56.3 Å². The molecule has 3 aromatic rings. The zero-order chi connectivity index (χ0) is 24.8. The van der Waals surface area contributed by atoms with E-state index in [0.717, 1.165) is 22.4 Å². The number of fused-ring (bicyclic) bond motifs is 1. The molecule has 0 bridgehead atoms. The van der Waals surface area contributed by atoms with Gasteiger partial charge in [-0.25, -0.2) is 0 Å². The molecule has 1 aliphatic rings. The maximum Gasteiger partial charge on any atom is 0.264 e. The number of nitrogens with zero attached hydrogens (tertiary/aromatic N) is 1. The fraction of sp³-hybridized carbons (Fsp3) is 0.310. The smallest absolute Gasteiger partial charge is 0.264 e. The molecule has 1 N–H and O–H groups in total. The van der Waals surface area contributed by atoms with Crippen molar-refractivity contribution >= 4 is 17.5 Å². The molecule has 0 saturated carbocycles. The number of anilines is 1. The molecule has 0 unspecified atom stereocenters. The molecule has 0 saturated heterocycles. The molecule has 0 radical (unpaired) electrons. The fourth-order valence-corrected chi connectivity index (χ4v) is 4.46. The van der Waals surface area contributed by atoms with Gasteiger partial charge in [0, 0.05) is 24.3 Å². The van der Waals surface area contributed by atoms with Crippen LogP contribution in [0.1, 0.15) is 49.3 Å². The summed E-state index contributed by atoms with van der Waals surface area (Å²) in [7, 11) is 1.63. The highest BCUT2D eigenvalue weighted by Crippen LogP contribution is 2.31. The zero-order valence-electron chi connectivity index (χ0n) is 20.5. The Labute approximate surface area is 206 Å². The van der Waals surface area contributed by atoms with E-state index in [1.165, 1.54) is 0 Å². The lowest BCUT2D eigenvalue weighted by molar-refractivity contribution is -0.139. The predicted octanol–water partition coefficient (Wildman–Crippen LogP) is 5.53. The third-order valence-electron chi connectivity index (χ3n) is 6.35. The first kappa shape index (κ1) is 24.3. The van der Waals surface area contributed by atoms with E-state index in [2.05, 4.69) is 5.32 Å². The van der Waals surface area contributed by atoms with Gasteiger partial charge < -0.3 is 19.7 Å². The van der Waals surface area contributed by atoms with Crippen LogP contribution in [0.2, 0.25) is 0 Å². The molecule has 6 heteroatoms. The summed E-state index contributed by atoms with van der Waals surface area (Å²) in [6.07, 6.45) is 0.718. The standard InChI is InChI=1S/C29H32N2O4/c1-4-25(21-11-7-6-8-12-21)28(32)30-23-14-15-27-22(17-23)19-31(29(33)26(5-2)35-27)18-20-10-9-13-24(16-20)34-3/h6-17,25-26H,4-5,18-19H2,1-3H3,(H,30,32)/t25-,26+/m1/s1. The van der Waals surface area contributed by atoms with Crippen molar-refractivity contribution in [1.29, 1.82) is 0 Å². The van der Waals surface area contributed by atoms with E-state index < -0.39 is 6.10 Å². The van der Waals surface area contributed by atoms with Crippen molar-refractivity contribution in [3.05, 3.63) is 89.5 Å². The minimum Gasteiger partial charge on any atom is -0.497 e. The van der Waals surface area contributed by atoms with Gasteiger partial charge in [-0.2, -0.15) is 0 Å². The second-order valence-electron chi connectivity index (χ2n) is 8.74. The lowest BCUT2D eigenvalue weighted by atomic mass is 9.95. The first-order valence-electron chi connectivity index (χ1n) is 12.1. The molecule has 2 atom stereocenters. The van der Waals surface area contributed by atoms with Crippen molar-refractivity contribution in [1.82, 2.24) is 4.90 Å². The minimum atomic E-state index is -0.551. The second-order valence-corrected chi connectivity index (χ2v) is 8.74. The van der Waals surface area contributed by atoms with Gasteiger partial charge >= 0.3 is 0 Å². The Hall–Kier alpha value is -3.80. The molecule has 35 heavy (non-hydrogen) atoms. The Kier molecular flexibility index (Phi) is 7.70. The molecule has 0 fully saturated rings. The van der Waals surface area contributed by atoms with E-state index in [9.17, 15) is 9.59 Å². The molecule has 0 aromatic heterocycles. The lowest BCUT2D eigenvalue weighted by Gasteiger charge is -2.23. The third kappa shape index (κ3) is 5.65. The van der Waals surface area contributed by atoms with Gasteiger partial charge in [0.2, 0.25) is 5.91 Å². The normalized spacial score (nSPS) is 16.0. The Morgan fingerprint density at radius 1 is 1.09 bits per heavy atom. The number of carbonyl (C=O) groups excluding carboxylic acids is 2. The van der Waals surface area contributed by atoms with Crippen molar-refractivity contribution in [2.75, 3.05) is 12.4 Å². The molecular weight excluding hydrogens is 440 g/mol. The van der Waals surface area contributed by atoms with Crippen molar-refractivity contribution in [2.45, 2.75) is 51.8 Å². The molecule has 6 nitrogen and oxygen atoms in total. The van der Waals surface area contributed by atoms with E-state index in [1.807, 2.05) is 86.6 Å². The number of benzene rings is 3. The Balaban J connectivity index is 1.57. The van der Waals surface area contributed by atoms with Gasteiger partial charge in [-0.15, -0.1) is 0 Å². The number of nitrogens with one attached hydrogen (secondary N) is 1. The van der Waals surface area contributed by atoms with Crippen LogP contribution in [0.5, 0.6) is 11.5 Å². The van der Waals surface area contributed by atoms with Crippen LogP contribution in [0, 0.1) is 0 Å². The summed E-state index contributed by atoms with van der Waals surface area (Å²) in [5.41, 5.74) is 3.53.